The molecule has 0 unspecified atom stereocenters. The first kappa shape index (κ1) is 8.33. The highest BCUT2D eigenvalue weighted by Crippen LogP contribution is 2.11. The van der Waals surface area contributed by atoms with Crippen molar-refractivity contribution in [3.8, 4) is 5.75 Å². The van der Waals surface area contributed by atoms with Crippen molar-refractivity contribution in [2.24, 2.45) is 0 Å². The van der Waals surface area contributed by atoms with Crippen molar-refractivity contribution in [2.45, 2.75) is 0 Å². The molecule has 0 aliphatic heterocycles. The first-order valence-electron chi connectivity index (χ1n) is 3.37. The lowest BCUT2D eigenvalue weighted by Crippen LogP contribution is -1.80. The van der Waals surface area contributed by atoms with Crippen molar-refractivity contribution in [3.05, 3.63) is 35.6 Å². The first-order valence-corrected chi connectivity index (χ1v) is 3.37. The average Bonchev–Trinajstić information content (AvgIpc) is 2.09. The molecule has 0 heterocycles. The highest BCUT2D eigenvalue weighted by Gasteiger charge is 1.91. The van der Waals surface area contributed by atoms with Crippen LogP contribution in [0.2, 0.25) is 0 Å². The summed E-state index contributed by atoms with van der Waals surface area (Å²) in [7, 11) is 0. The number of rotatable bonds is 2. The van der Waals surface area contributed by atoms with Crippen molar-refractivity contribution in [3.63, 3.8) is 0 Å². The summed E-state index contributed by atoms with van der Waals surface area (Å²) in [5, 5.41) is 17.7. The maximum absolute atomic E-state index is 10.0. The first-order chi connectivity index (χ1) is 5.72. The second-order valence-corrected chi connectivity index (χ2v) is 2.28. The Morgan fingerprint density at radius 3 is 2.33 bits per heavy atom. The monoisotopic (exact) mass is 164 g/mol. The van der Waals surface area contributed by atoms with E-state index in [9.17, 15) is 4.79 Å². The van der Waals surface area contributed by atoms with Crippen LogP contribution in [-0.2, 0) is 4.79 Å². The van der Waals surface area contributed by atoms with Gasteiger partial charge in [-0.15, -0.1) is 0 Å². The van der Waals surface area contributed by atoms with Crippen LogP contribution in [0.3, 0.4) is 0 Å². The molecular formula is C9H8O3. The highest BCUT2D eigenvalue weighted by atomic mass is 16.3. The molecular weight excluding hydrogens is 156 g/mol. The van der Waals surface area contributed by atoms with Crippen molar-refractivity contribution < 1.29 is 15.0 Å². The number of aliphatic hydroxyl groups is 1. The number of carbonyl (C=O) groups excluding carboxylic acids is 1. The van der Waals surface area contributed by atoms with Gasteiger partial charge in [0.2, 0.25) is 0 Å². The van der Waals surface area contributed by atoms with Crippen molar-refractivity contribution in [1.82, 2.24) is 0 Å². The van der Waals surface area contributed by atoms with Gasteiger partial charge in [-0.3, -0.25) is 4.79 Å². The van der Waals surface area contributed by atoms with Gasteiger partial charge in [-0.2, -0.15) is 0 Å². The number of hydrogen-bond donors (Lipinski definition) is 2. The van der Waals surface area contributed by atoms with E-state index in [1.165, 1.54) is 18.2 Å². The maximum Gasteiger partial charge on any atom is 0.184 e. The zero-order valence-corrected chi connectivity index (χ0v) is 6.27. The van der Waals surface area contributed by atoms with Crippen LogP contribution in [0, 0.1) is 0 Å². The van der Waals surface area contributed by atoms with Gasteiger partial charge < -0.3 is 10.2 Å². The molecule has 0 aliphatic carbocycles. The molecule has 0 bridgehead atoms. The van der Waals surface area contributed by atoms with E-state index in [4.69, 9.17) is 10.2 Å². The van der Waals surface area contributed by atoms with E-state index < -0.39 is 0 Å². The van der Waals surface area contributed by atoms with Gasteiger partial charge >= 0.3 is 0 Å². The normalized spacial score (nSPS) is 11.2. The zero-order chi connectivity index (χ0) is 8.97. The van der Waals surface area contributed by atoms with Gasteiger partial charge in [0.15, 0.2) is 12.0 Å². The van der Waals surface area contributed by atoms with Crippen LogP contribution >= 0.6 is 0 Å². The van der Waals surface area contributed by atoms with E-state index in [1.54, 1.807) is 12.1 Å². The molecule has 1 aromatic rings. The van der Waals surface area contributed by atoms with E-state index in [1.807, 2.05) is 0 Å². The number of carbonyl (C=O) groups is 1. The van der Waals surface area contributed by atoms with E-state index in [0.717, 1.165) is 0 Å². The fraction of sp³-hybridized carbons (Fsp3) is 0. The molecule has 0 aliphatic rings. The number of phenols is 1. The summed E-state index contributed by atoms with van der Waals surface area (Å²) in [5.74, 6) is -0.182. The third-order valence-corrected chi connectivity index (χ3v) is 1.33. The molecule has 3 heteroatoms. The summed E-state index contributed by atoms with van der Waals surface area (Å²) in [5.41, 5.74) is 0.664. The Balaban J connectivity index is 2.91. The van der Waals surface area contributed by atoms with Crippen LogP contribution in [0.1, 0.15) is 5.56 Å². The molecule has 3 nitrogen and oxygen atoms in total. The lowest BCUT2D eigenvalue weighted by atomic mass is 10.2. The largest absolute Gasteiger partial charge is 0.508 e. The summed E-state index contributed by atoms with van der Waals surface area (Å²) < 4.78 is 0. The van der Waals surface area contributed by atoms with Gasteiger partial charge in [0.25, 0.3) is 0 Å². The number of benzene rings is 1. The molecule has 0 amide bonds. The lowest BCUT2D eigenvalue weighted by Gasteiger charge is -1.93. The summed E-state index contributed by atoms with van der Waals surface area (Å²) in [6.07, 6.45) is 1.67. The number of hydrogen-bond acceptors (Lipinski definition) is 3. The van der Waals surface area contributed by atoms with Gasteiger partial charge in [-0.1, -0.05) is 12.1 Å². The second kappa shape index (κ2) is 3.57. The molecule has 0 saturated carbocycles. The van der Waals surface area contributed by atoms with Crippen LogP contribution in [-0.4, -0.2) is 16.5 Å². The molecule has 0 aromatic heterocycles. The Kier molecular flexibility index (Phi) is 2.48. The van der Waals surface area contributed by atoms with E-state index in [0.29, 0.717) is 11.8 Å². The minimum atomic E-state index is -0.333. The molecule has 2 N–H and O–H groups in total. The molecule has 0 fully saturated rings. The lowest BCUT2D eigenvalue weighted by molar-refractivity contribution is -0.106. The predicted octanol–water partition coefficient (Wildman–Crippen LogP) is 1.49. The summed E-state index contributed by atoms with van der Waals surface area (Å²) in [6, 6.07) is 6.14. The molecule has 1 aromatic carbocycles. The van der Waals surface area contributed by atoms with E-state index in [-0.39, 0.29) is 11.5 Å². The van der Waals surface area contributed by atoms with Crippen molar-refractivity contribution in [2.75, 3.05) is 0 Å². The fourth-order valence-corrected chi connectivity index (χ4v) is 0.775. The molecule has 0 atom stereocenters. The number of phenolic OH excluding ortho intramolecular Hbond substituents is 1. The van der Waals surface area contributed by atoms with Crippen LogP contribution < -0.4 is 0 Å². The number of allylic oxidation sites excluding steroid dienone is 1. The molecule has 62 valence electrons. The van der Waals surface area contributed by atoms with Crippen LogP contribution in [0.4, 0.5) is 0 Å². The standard InChI is InChI=1S/C9H8O3/c10-6-9(12)5-7-1-3-8(11)4-2-7/h1-6,11-12H. The van der Waals surface area contributed by atoms with E-state index >= 15 is 0 Å². The van der Waals surface area contributed by atoms with Crippen molar-refractivity contribution >= 4 is 12.4 Å². The minimum Gasteiger partial charge on any atom is -0.508 e. The fourth-order valence-electron chi connectivity index (χ4n) is 0.775. The van der Waals surface area contributed by atoms with Gasteiger partial charge in [0, 0.05) is 0 Å². The molecule has 0 spiro atoms. The molecule has 0 saturated heterocycles. The summed E-state index contributed by atoms with van der Waals surface area (Å²) in [4.78, 5) is 10.0. The number of aromatic hydroxyl groups is 1. The summed E-state index contributed by atoms with van der Waals surface area (Å²) in [6.45, 7) is 0. The zero-order valence-electron chi connectivity index (χ0n) is 6.27. The third-order valence-electron chi connectivity index (χ3n) is 1.33. The quantitative estimate of drug-likeness (QED) is 0.395. The molecule has 0 radical (unpaired) electrons. The Morgan fingerprint density at radius 2 is 1.83 bits per heavy atom. The minimum absolute atomic E-state index is 0.151. The van der Waals surface area contributed by atoms with Gasteiger partial charge in [0.05, 0.1) is 0 Å². The van der Waals surface area contributed by atoms with Crippen LogP contribution in [0.15, 0.2) is 30.0 Å². The smallest absolute Gasteiger partial charge is 0.184 e. The second-order valence-electron chi connectivity index (χ2n) is 2.28. The van der Waals surface area contributed by atoms with Gasteiger partial charge in [-0.05, 0) is 23.8 Å². The Morgan fingerprint density at radius 1 is 1.25 bits per heavy atom. The third kappa shape index (κ3) is 2.12. The van der Waals surface area contributed by atoms with Gasteiger partial charge in [0.1, 0.15) is 5.75 Å². The molecule has 12 heavy (non-hydrogen) atoms. The Hall–Kier alpha value is -1.77. The SMILES string of the molecule is O=CC(O)=Cc1ccc(O)cc1. The Labute approximate surface area is 69.6 Å². The Bertz CT molecular complexity index is 298. The molecule has 1 rings (SSSR count). The van der Waals surface area contributed by atoms with Crippen LogP contribution in [0.5, 0.6) is 5.75 Å². The number of aldehydes is 1. The average molecular weight is 164 g/mol. The van der Waals surface area contributed by atoms with Gasteiger partial charge in [-0.25, -0.2) is 0 Å². The topological polar surface area (TPSA) is 57.5 Å². The highest BCUT2D eigenvalue weighted by molar-refractivity contribution is 5.78. The van der Waals surface area contributed by atoms with Crippen molar-refractivity contribution in [1.29, 1.82) is 0 Å². The predicted molar refractivity (Wildman–Crippen MR) is 44.8 cm³/mol. The summed E-state index contributed by atoms with van der Waals surface area (Å²) >= 11 is 0. The number of aliphatic hydroxyl groups excluding tert-OH is 1. The van der Waals surface area contributed by atoms with Crippen LogP contribution in [0.25, 0.3) is 6.08 Å². The van der Waals surface area contributed by atoms with E-state index in [2.05, 4.69) is 0 Å². The maximum atomic E-state index is 10.0.